The zero-order valence-electron chi connectivity index (χ0n) is 12.9. The first kappa shape index (κ1) is 19.7. The molecule has 1 aromatic carbocycles. The Morgan fingerprint density at radius 2 is 2.00 bits per heavy atom. The van der Waals surface area contributed by atoms with E-state index in [0.29, 0.717) is 12.4 Å². The molecule has 0 atom stereocenters. The van der Waals surface area contributed by atoms with Gasteiger partial charge in [-0.2, -0.15) is 11.3 Å². The SMILES string of the molecule is CN=C(NCCCOc1ccc(F)cc1)NCc1ccsc1.I. The lowest BCUT2D eigenvalue weighted by Gasteiger charge is -2.11. The first-order valence-electron chi connectivity index (χ1n) is 7.12. The summed E-state index contributed by atoms with van der Waals surface area (Å²) in [5.41, 5.74) is 1.24. The van der Waals surface area contributed by atoms with Gasteiger partial charge in [-0.05, 0) is 53.1 Å². The van der Waals surface area contributed by atoms with Crippen molar-refractivity contribution in [1.82, 2.24) is 10.6 Å². The molecule has 1 heterocycles. The molecule has 0 fully saturated rings. The lowest BCUT2D eigenvalue weighted by atomic mass is 10.3. The third-order valence-corrected chi connectivity index (χ3v) is 3.69. The fourth-order valence-corrected chi connectivity index (χ4v) is 2.47. The van der Waals surface area contributed by atoms with Crippen LogP contribution in [-0.4, -0.2) is 26.2 Å². The molecule has 0 saturated carbocycles. The second-order valence-corrected chi connectivity index (χ2v) is 5.42. The number of thiophene rings is 1. The Balaban J connectivity index is 0.00000264. The smallest absolute Gasteiger partial charge is 0.191 e. The number of ether oxygens (including phenoxy) is 1. The van der Waals surface area contributed by atoms with Gasteiger partial charge in [0, 0.05) is 20.1 Å². The highest BCUT2D eigenvalue weighted by Crippen LogP contribution is 2.10. The summed E-state index contributed by atoms with van der Waals surface area (Å²) in [6, 6.07) is 8.13. The maximum absolute atomic E-state index is 12.7. The van der Waals surface area contributed by atoms with Gasteiger partial charge in [0.05, 0.1) is 6.61 Å². The molecule has 0 spiro atoms. The summed E-state index contributed by atoms with van der Waals surface area (Å²) in [4.78, 5) is 4.17. The van der Waals surface area contributed by atoms with Crippen LogP contribution < -0.4 is 15.4 Å². The van der Waals surface area contributed by atoms with Crippen molar-refractivity contribution in [3.63, 3.8) is 0 Å². The predicted octanol–water partition coefficient (Wildman–Crippen LogP) is 3.64. The molecule has 4 nitrogen and oxygen atoms in total. The van der Waals surface area contributed by atoms with E-state index in [1.807, 2.05) is 0 Å². The Labute approximate surface area is 157 Å². The van der Waals surface area contributed by atoms with Crippen LogP contribution in [0.15, 0.2) is 46.1 Å². The van der Waals surface area contributed by atoms with Crippen LogP contribution in [-0.2, 0) is 6.54 Å². The Kier molecular flexibility index (Phi) is 9.61. The zero-order valence-corrected chi connectivity index (χ0v) is 16.1. The fourth-order valence-electron chi connectivity index (χ4n) is 1.80. The van der Waals surface area contributed by atoms with Gasteiger partial charge in [0.2, 0.25) is 0 Å². The van der Waals surface area contributed by atoms with Crippen LogP contribution in [0.5, 0.6) is 5.75 Å². The standard InChI is InChI=1S/C16H20FN3OS.HI/c1-18-16(20-11-13-7-10-22-12-13)19-8-2-9-21-15-5-3-14(17)4-6-15;/h3-7,10,12H,2,8-9,11H2,1H3,(H2,18,19,20);1H. The molecule has 0 saturated heterocycles. The summed E-state index contributed by atoms with van der Waals surface area (Å²) in [5.74, 6) is 1.20. The van der Waals surface area contributed by atoms with Gasteiger partial charge < -0.3 is 15.4 Å². The van der Waals surface area contributed by atoms with E-state index in [9.17, 15) is 4.39 Å². The summed E-state index contributed by atoms with van der Waals surface area (Å²) in [5, 5.41) is 10.6. The van der Waals surface area contributed by atoms with Gasteiger partial charge in [-0.25, -0.2) is 4.39 Å². The summed E-state index contributed by atoms with van der Waals surface area (Å²) >= 11 is 1.68. The van der Waals surface area contributed by atoms with Gasteiger partial charge in [-0.15, -0.1) is 24.0 Å². The average Bonchev–Trinajstić information content (AvgIpc) is 3.05. The molecule has 0 bridgehead atoms. The normalized spacial score (nSPS) is 10.8. The van der Waals surface area contributed by atoms with E-state index in [4.69, 9.17) is 4.74 Å². The number of guanidine groups is 1. The molecule has 0 unspecified atom stereocenters. The van der Waals surface area contributed by atoms with Gasteiger partial charge in [-0.3, -0.25) is 4.99 Å². The Morgan fingerprint density at radius 3 is 2.65 bits per heavy atom. The Bertz CT molecular complexity index is 576. The van der Waals surface area contributed by atoms with Gasteiger partial charge in [0.1, 0.15) is 11.6 Å². The zero-order chi connectivity index (χ0) is 15.6. The van der Waals surface area contributed by atoms with Gasteiger partial charge in [0.25, 0.3) is 0 Å². The molecule has 0 amide bonds. The van der Waals surface area contributed by atoms with Crippen LogP contribution in [0, 0.1) is 5.82 Å². The van der Waals surface area contributed by atoms with Crippen molar-refractivity contribution in [3.8, 4) is 5.75 Å². The molecule has 0 radical (unpaired) electrons. The number of rotatable bonds is 7. The molecule has 2 N–H and O–H groups in total. The van der Waals surface area contributed by atoms with Crippen molar-refractivity contribution in [2.24, 2.45) is 4.99 Å². The molecule has 7 heteroatoms. The lowest BCUT2D eigenvalue weighted by molar-refractivity contribution is 0.310. The van der Waals surface area contributed by atoms with Gasteiger partial charge in [0.15, 0.2) is 5.96 Å². The molecular weight excluding hydrogens is 428 g/mol. The molecular formula is C16H21FIN3OS. The molecule has 1 aromatic heterocycles. The number of hydrogen-bond acceptors (Lipinski definition) is 3. The molecule has 0 aliphatic carbocycles. The monoisotopic (exact) mass is 449 g/mol. The van der Waals surface area contributed by atoms with Crippen molar-refractivity contribution in [1.29, 1.82) is 0 Å². The lowest BCUT2D eigenvalue weighted by Crippen LogP contribution is -2.37. The summed E-state index contributed by atoms with van der Waals surface area (Å²) < 4.78 is 18.3. The van der Waals surface area contributed by atoms with E-state index in [2.05, 4.69) is 32.5 Å². The van der Waals surface area contributed by atoms with Crippen molar-refractivity contribution < 1.29 is 9.13 Å². The largest absolute Gasteiger partial charge is 0.494 e. The Hall–Kier alpha value is -1.35. The molecule has 126 valence electrons. The van der Waals surface area contributed by atoms with E-state index in [-0.39, 0.29) is 29.8 Å². The average molecular weight is 449 g/mol. The third kappa shape index (κ3) is 7.65. The maximum atomic E-state index is 12.7. The van der Waals surface area contributed by atoms with E-state index < -0.39 is 0 Å². The van der Waals surface area contributed by atoms with Crippen LogP contribution in [0.4, 0.5) is 4.39 Å². The van der Waals surface area contributed by atoms with E-state index in [1.165, 1.54) is 17.7 Å². The van der Waals surface area contributed by atoms with Crippen molar-refractivity contribution >= 4 is 41.3 Å². The van der Waals surface area contributed by atoms with Crippen molar-refractivity contribution in [2.45, 2.75) is 13.0 Å². The first-order valence-corrected chi connectivity index (χ1v) is 8.06. The maximum Gasteiger partial charge on any atom is 0.191 e. The highest BCUT2D eigenvalue weighted by molar-refractivity contribution is 14.0. The second kappa shape index (κ2) is 11.2. The summed E-state index contributed by atoms with van der Waals surface area (Å²) in [6.45, 7) is 2.08. The minimum Gasteiger partial charge on any atom is -0.494 e. The third-order valence-electron chi connectivity index (χ3n) is 2.96. The number of hydrogen-bond donors (Lipinski definition) is 2. The quantitative estimate of drug-likeness (QED) is 0.294. The number of halogens is 2. The molecule has 0 aliphatic heterocycles. The van der Waals surface area contributed by atoms with Crippen LogP contribution in [0.25, 0.3) is 0 Å². The van der Waals surface area contributed by atoms with Crippen LogP contribution in [0.1, 0.15) is 12.0 Å². The molecule has 2 aromatic rings. The summed E-state index contributed by atoms with van der Waals surface area (Å²) in [6.07, 6.45) is 0.830. The highest BCUT2D eigenvalue weighted by atomic mass is 127. The number of nitrogens with zero attached hydrogens (tertiary/aromatic N) is 1. The highest BCUT2D eigenvalue weighted by Gasteiger charge is 1.99. The predicted molar refractivity (Wildman–Crippen MR) is 104 cm³/mol. The van der Waals surface area contributed by atoms with E-state index in [1.54, 1.807) is 30.5 Å². The topological polar surface area (TPSA) is 45.7 Å². The number of nitrogens with one attached hydrogen (secondary N) is 2. The van der Waals surface area contributed by atoms with Crippen LogP contribution >= 0.6 is 35.3 Å². The molecule has 2 rings (SSSR count). The van der Waals surface area contributed by atoms with Crippen LogP contribution in [0.3, 0.4) is 0 Å². The fraction of sp³-hybridized carbons (Fsp3) is 0.312. The first-order chi connectivity index (χ1) is 10.8. The minimum absolute atomic E-state index is 0. The van der Waals surface area contributed by atoms with Gasteiger partial charge in [-0.1, -0.05) is 0 Å². The molecule has 23 heavy (non-hydrogen) atoms. The summed E-state index contributed by atoms with van der Waals surface area (Å²) in [7, 11) is 1.75. The molecule has 0 aliphatic rings. The van der Waals surface area contributed by atoms with Crippen molar-refractivity contribution in [3.05, 3.63) is 52.5 Å². The number of benzene rings is 1. The van der Waals surface area contributed by atoms with Gasteiger partial charge >= 0.3 is 0 Å². The second-order valence-electron chi connectivity index (χ2n) is 4.64. The Morgan fingerprint density at radius 1 is 1.22 bits per heavy atom. The minimum atomic E-state index is -0.255. The number of aliphatic imine (C=N–C) groups is 1. The van der Waals surface area contributed by atoms with Crippen LogP contribution in [0.2, 0.25) is 0 Å². The van der Waals surface area contributed by atoms with E-state index >= 15 is 0 Å². The van der Waals surface area contributed by atoms with Crippen molar-refractivity contribution in [2.75, 3.05) is 20.2 Å². The van der Waals surface area contributed by atoms with E-state index in [0.717, 1.165) is 25.5 Å².